The zero-order valence-electron chi connectivity index (χ0n) is 12.2. The summed E-state index contributed by atoms with van der Waals surface area (Å²) in [4.78, 5) is 4.30. The Balaban J connectivity index is 2.87. The minimum Gasteiger partial charge on any atom is -0.409 e. The molecule has 0 unspecified atom stereocenters. The molecule has 0 amide bonds. The van der Waals surface area contributed by atoms with Crippen LogP contribution < -0.4 is 10.6 Å². The van der Waals surface area contributed by atoms with Gasteiger partial charge in [-0.25, -0.2) is 0 Å². The van der Waals surface area contributed by atoms with Crippen molar-refractivity contribution < 1.29 is 5.21 Å². The Bertz CT molecular complexity index is 443. The summed E-state index contributed by atoms with van der Waals surface area (Å²) in [5, 5.41) is 12.0. The van der Waals surface area contributed by atoms with Crippen molar-refractivity contribution in [3.05, 3.63) is 29.3 Å². The number of rotatable bonds is 6. The molecule has 3 N–H and O–H groups in total. The van der Waals surface area contributed by atoms with E-state index in [1.54, 1.807) is 0 Å². The van der Waals surface area contributed by atoms with E-state index in [1.165, 1.54) is 0 Å². The lowest BCUT2D eigenvalue weighted by molar-refractivity contribution is 0.318. The van der Waals surface area contributed by atoms with Gasteiger partial charge in [0.2, 0.25) is 0 Å². The highest BCUT2D eigenvalue weighted by Gasteiger charge is 2.11. The maximum Gasteiger partial charge on any atom is 0.172 e. The first-order chi connectivity index (χ1) is 8.95. The largest absolute Gasteiger partial charge is 0.409 e. The summed E-state index contributed by atoms with van der Waals surface area (Å²) in [6, 6.07) is 5.98. The van der Waals surface area contributed by atoms with Crippen molar-refractivity contribution in [3.8, 4) is 0 Å². The second-order valence-electron chi connectivity index (χ2n) is 5.08. The molecule has 0 aliphatic heterocycles. The number of aryl methyl sites for hydroxylation is 1. The molecule has 0 saturated heterocycles. The molecule has 0 aliphatic carbocycles. The Hall–Kier alpha value is -1.75. The van der Waals surface area contributed by atoms with Gasteiger partial charge in [0.05, 0.1) is 0 Å². The molecule has 5 heteroatoms. The molecule has 1 aromatic rings. The van der Waals surface area contributed by atoms with E-state index in [-0.39, 0.29) is 5.84 Å². The van der Waals surface area contributed by atoms with Gasteiger partial charge in [-0.05, 0) is 46.1 Å². The third-order valence-electron chi connectivity index (χ3n) is 3.05. The molecule has 0 bridgehead atoms. The summed E-state index contributed by atoms with van der Waals surface area (Å²) in [6.45, 7) is 3.95. The van der Waals surface area contributed by atoms with Gasteiger partial charge in [-0.3, -0.25) is 0 Å². The molecule has 106 valence electrons. The Kier molecular flexibility index (Phi) is 5.63. The fourth-order valence-corrected chi connectivity index (χ4v) is 1.99. The van der Waals surface area contributed by atoms with Crippen molar-refractivity contribution in [3.63, 3.8) is 0 Å². The zero-order chi connectivity index (χ0) is 14.4. The van der Waals surface area contributed by atoms with Crippen molar-refractivity contribution in [2.24, 2.45) is 10.9 Å². The Morgan fingerprint density at radius 3 is 2.53 bits per heavy atom. The van der Waals surface area contributed by atoms with E-state index >= 15 is 0 Å². The summed E-state index contributed by atoms with van der Waals surface area (Å²) in [6.07, 6.45) is 1.06. The maximum absolute atomic E-state index is 8.87. The molecular formula is C14H24N4O. The van der Waals surface area contributed by atoms with Crippen molar-refractivity contribution >= 4 is 11.5 Å². The average Bonchev–Trinajstić information content (AvgIpc) is 2.37. The van der Waals surface area contributed by atoms with Gasteiger partial charge in [0.25, 0.3) is 0 Å². The van der Waals surface area contributed by atoms with E-state index < -0.39 is 0 Å². The van der Waals surface area contributed by atoms with E-state index in [2.05, 4.69) is 29.1 Å². The van der Waals surface area contributed by atoms with E-state index in [0.717, 1.165) is 36.3 Å². The van der Waals surface area contributed by atoms with Crippen LogP contribution in [-0.2, 0) is 0 Å². The van der Waals surface area contributed by atoms with Crippen molar-refractivity contribution in [2.45, 2.75) is 13.3 Å². The highest BCUT2D eigenvalue weighted by molar-refractivity contribution is 6.02. The van der Waals surface area contributed by atoms with Gasteiger partial charge in [0.1, 0.15) is 0 Å². The zero-order valence-corrected chi connectivity index (χ0v) is 12.2. The van der Waals surface area contributed by atoms with Crippen molar-refractivity contribution in [1.29, 1.82) is 0 Å². The van der Waals surface area contributed by atoms with Gasteiger partial charge in [0.15, 0.2) is 5.84 Å². The Morgan fingerprint density at radius 1 is 1.26 bits per heavy atom. The number of hydrogen-bond donors (Lipinski definition) is 2. The maximum atomic E-state index is 8.87. The molecule has 0 atom stereocenters. The average molecular weight is 264 g/mol. The lowest BCUT2D eigenvalue weighted by atomic mass is 10.1. The van der Waals surface area contributed by atoms with Crippen LogP contribution in [0.5, 0.6) is 0 Å². The monoisotopic (exact) mass is 264 g/mol. The predicted molar refractivity (Wildman–Crippen MR) is 80.1 cm³/mol. The van der Waals surface area contributed by atoms with Crippen LogP contribution in [0.4, 0.5) is 5.69 Å². The predicted octanol–water partition coefficient (Wildman–Crippen LogP) is 1.48. The van der Waals surface area contributed by atoms with Gasteiger partial charge < -0.3 is 20.7 Å². The van der Waals surface area contributed by atoms with Gasteiger partial charge in [-0.1, -0.05) is 16.8 Å². The van der Waals surface area contributed by atoms with E-state index in [1.807, 2.05) is 32.2 Å². The van der Waals surface area contributed by atoms with Gasteiger partial charge in [-0.2, -0.15) is 0 Å². The third-order valence-corrected chi connectivity index (χ3v) is 3.05. The van der Waals surface area contributed by atoms with Crippen LogP contribution in [-0.4, -0.2) is 50.2 Å². The lowest BCUT2D eigenvalue weighted by Gasteiger charge is -2.23. The van der Waals surface area contributed by atoms with Crippen molar-refractivity contribution in [1.82, 2.24) is 4.90 Å². The van der Waals surface area contributed by atoms with Crippen molar-refractivity contribution in [2.75, 3.05) is 39.1 Å². The summed E-state index contributed by atoms with van der Waals surface area (Å²) < 4.78 is 0. The standard InChI is InChI=1S/C14H24N4O/c1-11-6-7-13(12(10-11)14(15)16-19)18(4)9-5-8-17(2)3/h6-7,10,19H,5,8-9H2,1-4H3,(H2,15,16). The van der Waals surface area contributed by atoms with Crippen LogP contribution >= 0.6 is 0 Å². The van der Waals surface area contributed by atoms with Crippen LogP contribution in [0.15, 0.2) is 23.4 Å². The third kappa shape index (κ3) is 4.44. The molecule has 0 saturated carbocycles. The number of anilines is 1. The minimum atomic E-state index is 0.151. The molecule has 0 spiro atoms. The highest BCUT2D eigenvalue weighted by Crippen LogP contribution is 2.21. The fraction of sp³-hybridized carbons (Fsp3) is 0.500. The molecule has 5 nitrogen and oxygen atoms in total. The number of hydrogen-bond acceptors (Lipinski definition) is 4. The fourth-order valence-electron chi connectivity index (χ4n) is 1.99. The van der Waals surface area contributed by atoms with Crippen LogP contribution in [0.1, 0.15) is 17.5 Å². The highest BCUT2D eigenvalue weighted by atomic mass is 16.4. The quantitative estimate of drug-likeness (QED) is 0.353. The van der Waals surface area contributed by atoms with E-state index in [0.29, 0.717) is 0 Å². The second kappa shape index (κ2) is 6.99. The molecule has 0 aromatic heterocycles. The number of oxime groups is 1. The molecular weight excluding hydrogens is 240 g/mol. The van der Waals surface area contributed by atoms with Gasteiger partial charge in [-0.15, -0.1) is 0 Å². The Labute approximate surface area is 115 Å². The first-order valence-corrected chi connectivity index (χ1v) is 6.40. The first kappa shape index (κ1) is 15.3. The van der Waals surface area contributed by atoms with Crippen LogP contribution in [0.2, 0.25) is 0 Å². The number of amidine groups is 1. The van der Waals surface area contributed by atoms with Gasteiger partial charge in [0, 0.05) is 24.8 Å². The van der Waals surface area contributed by atoms with Crippen LogP contribution in [0, 0.1) is 6.92 Å². The molecule has 0 aliphatic rings. The first-order valence-electron chi connectivity index (χ1n) is 6.40. The lowest BCUT2D eigenvalue weighted by Crippen LogP contribution is -2.26. The minimum absolute atomic E-state index is 0.151. The molecule has 0 fully saturated rings. The molecule has 0 radical (unpaired) electrons. The summed E-state index contributed by atoms with van der Waals surface area (Å²) in [7, 11) is 6.15. The molecule has 19 heavy (non-hydrogen) atoms. The molecule has 0 heterocycles. The Morgan fingerprint density at radius 2 is 1.95 bits per heavy atom. The second-order valence-corrected chi connectivity index (χ2v) is 5.08. The molecule has 1 aromatic carbocycles. The number of benzene rings is 1. The van der Waals surface area contributed by atoms with Crippen LogP contribution in [0.25, 0.3) is 0 Å². The summed E-state index contributed by atoms with van der Waals surface area (Å²) in [5.74, 6) is 0.151. The summed E-state index contributed by atoms with van der Waals surface area (Å²) in [5.41, 5.74) is 8.59. The molecule has 1 rings (SSSR count). The van der Waals surface area contributed by atoms with Gasteiger partial charge >= 0.3 is 0 Å². The van der Waals surface area contributed by atoms with Crippen LogP contribution in [0.3, 0.4) is 0 Å². The SMILES string of the molecule is Cc1ccc(N(C)CCCN(C)C)c(/C(N)=N/O)c1. The topological polar surface area (TPSA) is 65.1 Å². The van der Waals surface area contributed by atoms with E-state index in [9.17, 15) is 0 Å². The normalized spacial score (nSPS) is 11.9. The number of nitrogens with zero attached hydrogens (tertiary/aromatic N) is 3. The van der Waals surface area contributed by atoms with E-state index in [4.69, 9.17) is 10.9 Å². The summed E-state index contributed by atoms with van der Waals surface area (Å²) >= 11 is 0. The smallest absolute Gasteiger partial charge is 0.172 e. The number of nitrogens with two attached hydrogens (primary N) is 1.